The van der Waals surface area contributed by atoms with Gasteiger partial charge in [0.1, 0.15) is 5.82 Å². The van der Waals surface area contributed by atoms with Crippen molar-refractivity contribution in [3.05, 3.63) is 53.6 Å². The summed E-state index contributed by atoms with van der Waals surface area (Å²) in [6.07, 6.45) is 6.99. The lowest BCUT2D eigenvalue weighted by Crippen LogP contribution is -2.40. The molecule has 3 rings (SSSR count). The molecule has 5 nitrogen and oxygen atoms in total. The van der Waals surface area contributed by atoms with Crippen LogP contribution in [0.3, 0.4) is 0 Å². The van der Waals surface area contributed by atoms with Crippen LogP contribution in [-0.4, -0.2) is 47.3 Å². The zero-order valence-corrected chi connectivity index (χ0v) is 17.7. The van der Waals surface area contributed by atoms with Crippen LogP contribution >= 0.6 is 24.0 Å². The number of aromatic nitrogens is 2. The van der Waals surface area contributed by atoms with Gasteiger partial charge in [-0.3, -0.25) is 9.67 Å². The molecule has 1 aliphatic rings. The summed E-state index contributed by atoms with van der Waals surface area (Å²) < 4.78 is 15.1. The topological polar surface area (TPSA) is 45.5 Å². The molecule has 1 aromatic heterocycles. The van der Waals surface area contributed by atoms with E-state index in [0.29, 0.717) is 5.92 Å². The average molecular weight is 471 g/mol. The Labute approximate surface area is 171 Å². The first-order valence-electron chi connectivity index (χ1n) is 8.84. The third-order valence-electron chi connectivity index (χ3n) is 4.71. The van der Waals surface area contributed by atoms with Gasteiger partial charge < -0.3 is 10.2 Å². The molecular formula is C19H27FIN5. The Morgan fingerprint density at radius 1 is 1.42 bits per heavy atom. The van der Waals surface area contributed by atoms with Crippen LogP contribution in [0.15, 0.2) is 41.7 Å². The van der Waals surface area contributed by atoms with E-state index in [4.69, 9.17) is 0 Å². The monoisotopic (exact) mass is 471 g/mol. The number of hydrogen-bond donors (Lipinski definition) is 1. The largest absolute Gasteiger partial charge is 0.356 e. The highest BCUT2D eigenvalue weighted by Crippen LogP contribution is 2.26. The second kappa shape index (κ2) is 9.89. The molecule has 0 spiro atoms. The zero-order chi connectivity index (χ0) is 17.6. The minimum Gasteiger partial charge on any atom is -0.356 e. The van der Waals surface area contributed by atoms with E-state index in [1.54, 1.807) is 12.1 Å². The number of nitrogens with zero attached hydrogens (tertiary/aromatic N) is 4. The third kappa shape index (κ3) is 5.43. The van der Waals surface area contributed by atoms with Gasteiger partial charge in [-0.25, -0.2) is 4.39 Å². The highest BCUT2D eigenvalue weighted by Gasteiger charge is 2.26. The van der Waals surface area contributed by atoms with E-state index in [-0.39, 0.29) is 29.8 Å². The van der Waals surface area contributed by atoms with Crippen molar-refractivity contribution in [2.75, 3.05) is 26.7 Å². The van der Waals surface area contributed by atoms with Gasteiger partial charge in [-0.1, -0.05) is 12.1 Å². The van der Waals surface area contributed by atoms with Crippen molar-refractivity contribution in [1.82, 2.24) is 20.0 Å². The van der Waals surface area contributed by atoms with Gasteiger partial charge in [0.15, 0.2) is 5.96 Å². The molecule has 0 amide bonds. The van der Waals surface area contributed by atoms with Gasteiger partial charge in [0, 0.05) is 45.8 Å². The second-order valence-corrected chi connectivity index (χ2v) is 6.59. The fourth-order valence-electron chi connectivity index (χ4n) is 3.39. The summed E-state index contributed by atoms with van der Waals surface area (Å²) in [5.41, 5.74) is 2.33. The highest BCUT2D eigenvalue weighted by atomic mass is 127. The molecule has 0 saturated carbocycles. The maximum Gasteiger partial charge on any atom is 0.193 e. The van der Waals surface area contributed by atoms with Crippen molar-refractivity contribution in [1.29, 1.82) is 0 Å². The van der Waals surface area contributed by atoms with Crippen molar-refractivity contribution in [2.45, 2.75) is 25.2 Å². The lowest BCUT2D eigenvalue weighted by molar-refractivity contribution is 0.485. The molecule has 0 radical (unpaired) electrons. The molecule has 1 saturated heterocycles. The molecule has 7 heteroatoms. The number of aliphatic imine (C=N–C) groups is 1. The second-order valence-electron chi connectivity index (χ2n) is 6.59. The lowest BCUT2D eigenvalue weighted by atomic mass is 10.0. The molecule has 1 unspecified atom stereocenters. The van der Waals surface area contributed by atoms with Gasteiger partial charge in [-0.05, 0) is 42.5 Å². The first-order chi connectivity index (χ1) is 12.2. The zero-order valence-electron chi connectivity index (χ0n) is 15.4. The summed E-state index contributed by atoms with van der Waals surface area (Å²) in [5, 5.41) is 7.71. The molecular weight excluding hydrogens is 444 g/mol. The van der Waals surface area contributed by atoms with E-state index in [9.17, 15) is 4.39 Å². The maximum absolute atomic E-state index is 13.2. The number of likely N-dealkylation sites (tertiary alicyclic amines) is 1. The Morgan fingerprint density at radius 2 is 2.27 bits per heavy atom. The SMILES string of the molecule is CN=C(NCCCc1cccc(F)c1)N1CCC(c2cnn(C)c2)C1.I. The molecule has 1 aromatic carbocycles. The van der Waals surface area contributed by atoms with Crippen molar-refractivity contribution in [3.8, 4) is 0 Å². The molecule has 2 aromatic rings. The van der Waals surface area contributed by atoms with E-state index in [1.165, 1.54) is 11.6 Å². The number of aryl methyl sites for hydroxylation is 2. The van der Waals surface area contributed by atoms with Crippen LogP contribution in [0.25, 0.3) is 0 Å². The molecule has 1 atom stereocenters. The first kappa shape index (κ1) is 20.7. The number of halogens is 2. The summed E-state index contributed by atoms with van der Waals surface area (Å²) in [6.45, 7) is 2.80. The van der Waals surface area contributed by atoms with Crippen LogP contribution in [0.4, 0.5) is 4.39 Å². The molecule has 26 heavy (non-hydrogen) atoms. The molecule has 0 bridgehead atoms. The molecule has 0 aliphatic carbocycles. The van der Waals surface area contributed by atoms with Crippen molar-refractivity contribution >= 4 is 29.9 Å². The summed E-state index contributed by atoms with van der Waals surface area (Å²) >= 11 is 0. The molecule has 142 valence electrons. The standard InChI is InChI=1S/C19H26FN5.HI/c1-21-19(22-9-4-6-15-5-3-7-18(20)11-15)25-10-8-16(14-25)17-12-23-24(2)13-17;/h3,5,7,11-13,16H,4,6,8-10,14H2,1-2H3,(H,21,22);1H. The summed E-state index contributed by atoms with van der Waals surface area (Å²) in [6, 6.07) is 6.82. The minimum atomic E-state index is -0.167. The van der Waals surface area contributed by atoms with Gasteiger partial charge in [-0.2, -0.15) is 5.10 Å². The van der Waals surface area contributed by atoms with E-state index in [0.717, 1.165) is 50.4 Å². The predicted octanol–water partition coefficient (Wildman–Crippen LogP) is 3.17. The van der Waals surface area contributed by atoms with E-state index < -0.39 is 0 Å². The Morgan fingerprint density at radius 3 is 2.96 bits per heavy atom. The quantitative estimate of drug-likeness (QED) is 0.316. The van der Waals surface area contributed by atoms with Gasteiger partial charge in [-0.15, -0.1) is 24.0 Å². The molecule has 1 aliphatic heterocycles. The van der Waals surface area contributed by atoms with Gasteiger partial charge in [0.25, 0.3) is 0 Å². The van der Waals surface area contributed by atoms with Gasteiger partial charge in [0.2, 0.25) is 0 Å². The van der Waals surface area contributed by atoms with Crippen LogP contribution in [-0.2, 0) is 13.5 Å². The smallest absolute Gasteiger partial charge is 0.193 e. The average Bonchev–Trinajstić information content (AvgIpc) is 3.24. The van der Waals surface area contributed by atoms with E-state index in [1.807, 2.05) is 31.0 Å². The van der Waals surface area contributed by atoms with Crippen LogP contribution < -0.4 is 5.32 Å². The summed E-state index contributed by atoms with van der Waals surface area (Å²) in [5.74, 6) is 1.30. The van der Waals surface area contributed by atoms with Crippen LogP contribution in [0, 0.1) is 5.82 Å². The first-order valence-corrected chi connectivity index (χ1v) is 8.84. The van der Waals surface area contributed by atoms with Crippen molar-refractivity contribution in [2.24, 2.45) is 12.0 Å². The molecule has 1 fully saturated rings. The van der Waals surface area contributed by atoms with Crippen LogP contribution in [0.5, 0.6) is 0 Å². The van der Waals surface area contributed by atoms with Crippen molar-refractivity contribution < 1.29 is 4.39 Å². The highest BCUT2D eigenvalue weighted by molar-refractivity contribution is 14.0. The lowest BCUT2D eigenvalue weighted by Gasteiger charge is -2.21. The molecule has 1 N–H and O–H groups in total. The summed E-state index contributed by atoms with van der Waals surface area (Å²) in [7, 11) is 3.78. The Hall–Kier alpha value is -1.64. The molecule has 2 heterocycles. The number of guanidine groups is 1. The fourth-order valence-corrected chi connectivity index (χ4v) is 3.39. The van der Waals surface area contributed by atoms with E-state index in [2.05, 4.69) is 26.5 Å². The summed E-state index contributed by atoms with van der Waals surface area (Å²) in [4.78, 5) is 6.72. The number of nitrogens with one attached hydrogen (secondary N) is 1. The Balaban J connectivity index is 0.00000243. The fraction of sp³-hybridized carbons (Fsp3) is 0.474. The van der Waals surface area contributed by atoms with Gasteiger partial charge in [0.05, 0.1) is 6.20 Å². The number of rotatable bonds is 5. The van der Waals surface area contributed by atoms with Gasteiger partial charge >= 0.3 is 0 Å². The minimum absolute atomic E-state index is 0. The van der Waals surface area contributed by atoms with Crippen LogP contribution in [0.2, 0.25) is 0 Å². The third-order valence-corrected chi connectivity index (χ3v) is 4.71. The van der Waals surface area contributed by atoms with Crippen molar-refractivity contribution in [3.63, 3.8) is 0 Å². The Kier molecular flexibility index (Phi) is 7.86. The number of benzene rings is 1. The predicted molar refractivity (Wildman–Crippen MR) is 114 cm³/mol. The number of hydrogen-bond acceptors (Lipinski definition) is 2. The Bertz CT molecular complexity index is 730. The van der Waals surface area contributed by atoms with Crippen LogP contribution in [0.1, 0.15) is 29.9 Å². The van der Waals surface area contributed by atoms with E-state index >= 15 is 0 Å². The normalized spacial score (nSPS) is 17.3. The maximum atomic E-state index is 13.2.